The molecule has 160 valence electrons. The average Bonchev–Trinajstić information content (AvgIpc) is 3.28. The molecule has 0 radical (unpaired) electrons. The van der Waals surface area contributed by atoms with Crippen molar-refractivity contribution in [1.29, 1.82) is 0 Å². The van der Waals surface area contributed by atoms with Crippen LogP contribution in [0.3, 0.4) is 0 Å². The molecule has 3 heterocycles. The molecule has 11 heteroatoms. The molecule has 1 aliphatic rings. The Hall–Kier alpha value is -2.50. The molecule has 0 aliphatic carbocycles. The van der Waals surface area contributed by atoms with Gasteiger partial charge in [0.2, 0.25) is 5.28 Å². The van der Waals surface area contributed by atoms with Crippen LogP contribution in [0.2, 0.25) is 5.28 Å². The number of rotatable bonds is 7. The number of aromatic nitrogens is 4. The maximum absolute atomic E-state index is 10.3. The normalized spacial score (nSPS) is 24.8. The van der Waals surface area contributed by atoms with E-state index in [4.69, 9.17) is 21.1 Å². The van der Waals surface area contributed by atoms with Gasteiger partial charge < -0.3 is 30.1 Å². The van der Waals surface area contributed by atoms with Gasteiger partial charge in [-0.3, -0.25) is 4.57 Å². The predicted octanol–water partition coefficient (Wildman–Crippen LogP) is 0.971. The van der Waals surface area contributed by atoms with Crippen molar-refractivity contribution in [2.75, 3.05) is 18.5 Å². The second kappa shape index (κ2) is 8.70. The second-order valence-electron chi connectivity index (χ2n) is 7.06. The highest BCUT2D eigenvalue weighted by Gasteiger charge is 2.44. The third-order valence-electron chi connectivity index (χ3n) is 4.81. The molecular weight excluding hydrogens is 414 g/mol. The lowest BCUT2D eigenvalue weighted by Gasteiger charge is -2.18. The van der Waals surface area contributed by atoms with Crippen LogP contribution in [0.15, 0.2) is 36.7 Å². The molecular formula is C19H22ClN5O5. The monoisotopic (exact) mass is 435 g/mol. The molecule has 0 amide bonds. The second-order valence-corrected chi connectivity index (χ2v) is 7.40. The molecule has 0 saturated carbocycles. The lowest BCUT2D eigenvalue weighted by molar-refractivity contribution is -0.0511. The van der Waals surface area contributed by atoms with Crippen LogP contribution in [0.25, 0.3) is 11.2 Å². The first-order chi connectivity index (χ1) is 14.5. The molecule has 30 heavy (non-hydrogen) atoms. The molecule has 2 aromatic heterocycles. The van der Waals surface area contributed by atoms with Crippen molar-refractivity contribution in [2.45, 2.75) is 37.5 Å². The maximum Gasteiger partial charge on any atom is 0.226 e. The predicted molar refractivity (Wildman–Crippen MR) is 108 cm³/mol. The topological polar surface area (TPSA) is 135 Å². The molecule has 4 N–H and O–H groups in total. The molecule has 0 spiro atoms. The summed E-state index contributed by atoms with van der Waals surface area (Å²) in [7, 11) is 0. The van der Waals surface area contributed by atoms with Gasteiger partial charge in [-0.1, -0.05) is 18.2 Å². The number of ether oxygens (including phenoxy) is 2. The number of aliphatic hydroxyl groups is 3. The highest BCUT2D eigenvalue weighted by atomic mass is 35.5. The van der Waals surface area contributed by atoms with E-state index in [-0.39, 0.29) is 11.3 Å². The van der Waals surface area contributed by atoms with Crippen molar-refractivity contribution in [1.82, 2.24) is 19.5 Å². The van der Waals surface area contributed by atoms with Crippen LogP contribution in [0.4, 0.5) is 5.82 Å². The van der Waals surface area contributed by atoms with E-state index in [2.05, 4.69) is 20.3 Å². The number of anilines is 1. The number of halogens is 1. The number of nitrogens with zero attached hydrogens (tertiary/aromatic N) is 4. The summed E-state index contributed by atoms with van der Waals surface area (Å²) in [5.41, 5.74) is 0.743. The van der Waals surface area contributed by atoms with Crippen molar-refractivity contribution in [3.05, 3.63) is 41.9 Å². The lowest BCUT2D eigenvalue weighted by Crippen LogP contribution is -2.33. The third-order valence-corrected chi connectivity index (χ3v) is 4.98. The fourth-order valence-electron chi connectivity index (χ4n) is 3.30. The molecule has 1 saturated heterocycles. The summed E-state index contributed by atoms with van der Waals surface area (Å²) in [6, 6.07) is 9.32. The minimum atomic E-state index is -1.26. The van der Waals surface area contributed by atoms with E-state index >= 15 is 0 Å². The molecule has 1 aromatic carbocycles. The Bertz CT molecular complexity index is 1000. The largest absolute Gasteiger partial charge is 0.491 e. The Kier molecular flexibility index (Phi) is 6.02. The molecule has 1 fully saturated rings. The first kappa shape index (κ1) is 20.8. The Morgan fingerprint density at radius 3 is 2.70 bits per heavy atom. The fourth-order valence-corrected chi connectivity index (χ4v) is 3.46. The van der Waals surface area contributed by atoms with Crippen molar-refractivity contribution in [3.8, 4) is 5.75 Å². The van der Waals surface area contributed by atoms with Crippen LogP contribution in [0.5, 0.6) is 5.75 Å². The van der Waals surface area contributed by atoms with Crippen molar-refractivity contribution >= 4 is 28.6 Å². The van der Waals surface area contributed by atoms with E-state index in [9.17, 15) is 15.3 Å². The number of hydrogen-bond acceptors (Lipinski definition) is 9. The number of aliphatic hydroxyl groups excluding tert-OH is 3. The zero-order valence-corrected chi connectivity index (χ0v) is 16.8. The number of imidazole rings is 1. The average molecular weight is 436 g/mol. The molecule has 0 bridgehead atoms. The van der Waals surface area contributed by atoms with Crippen LogP contribution in [0.1, 0.15) is 13.2 Å². The summed E-state index contributed by atoms with van der Waals surface area (Å²) in [5, 5.41) is 32.8. The molecule has 5 atom stereocenters. The highest BCUT2D eigenvalue weighted by Crippen LogP contribution is 2.32. The van der Waals surface area contributed by atoms with Gasteiger partial charge in [0.05, 0.1) is 19.0 Å². The van der Waals surface area contributed by atoms with Crippen LogP contribution >= 0.6 is 11.6 Å². The van der Waals surface area contributed by atoms with Crippen LogP contribution in [0, 0.1) is 0 Å². The van der Waals surface area contributed by atoms with Gasteiger partial charge in [-0.15, -0.1) is 0 Å². The van der Waals surface area contributed by atoms with Gasteiger partial charge in [0.1, 0.15) is 30.7 Å². The number of nitrogens with one attached hydrogen (secondary N) is 1. The van der Waals surface area contributed by atoms with Gasteiger partial charge in [-0.2, -0.15) is 9.97 Å². The van der Waals surface area contributed by atoms with Crippen molar-refractivity contribution < 1.29 is 24.8 Å². The zero-order chi connectivity index (χ0) is 21.3. The fraction of sp³-hybridized carbons (Fsp3) is 0.421. The molecule has 2 unspecified atom stereocenters. The van der Waals surface area contributed by atoms with Gasteiger partial charge in [0.25, 0.3) is 0 Å². The molecule has 4 rings (SSSR count). The first-order valence-electron chi connectivity index (χ1n) is 9.45. The Morgan fingerprint density at radius 1 is 1.23 bits per heavy atom. The number of hydrogen-bond donors (Lipinski definition) is 4. The number of para-hydroxylation sites is 1. The number of benzene rings is 1. The summed E-state index contributed by atoms with van der Waals surface area (Å²) >= 11 is 6.11. The van der Waals surface area contributed by atoms with E-state index in [1.165, 1.54) is 10.9 Å². The van der Waals surface area contributed by atoms with Crippen molar-refractivity contribution in [3.63, 3.8) is 0 Å². The SMILES string of the molecule is C[C@@H](COc1ccccc1)Nc1nc(Cl)nc2c1ncn2[C@@H]1O[C@H](CO)C(O)C1O. The van der Waals surface area contributed by atoms with E-state index in [1.54, 1.807) is 0 Å². The van der Waals surface area contributed by atoms with Gasteiger partial charge in [-0.05, 0) is 30.7 Å². The molecule has 1 aliphatic heterocycles. The van der Waals surface area contributed by atoms with Gasteiger partial charge in [0.15, 0.2) is 23.2 Å². The summed E-state index contributed by atoms with van der Waals surface area (Å²) in [4.78, 5) is 12.7. The molecule has 3 aromatic rings. The summed E-state index contributed by atoms with van der Waals surface area (Å²) < 4.78 is 12.8. The third kappa shape index (κ3) is 4.05. The quantitative estimate of drug-likeness (QED) is 0.400. The number of fused-ring (bicyclic) bond motifs is 1. The van der Waals surface area contributed by atoms with E-state index < -0.39 is 31.1 Å². The van der Waals surface area contributed by atoms with Crippen LogP contribution < -0.4 is 10.1 Å². The minimum absolute atomic E-state index is 0.0188. The highest BCUT2D eigenvalue weighted by molar-refractivity contribution is 6.28. The Balaban J connectivity index is 1.55. The molecule has 10 nitrogen and oxygen atoms in total. The van der Waals surface area contributed by atoms with E-state index in [0.717, 1.165) is 5.75 Å². The van der Waals surface area contributed by atoms with Crippen LogP contribution in [-0.2, 0) is 4.74 Å². The van der Waals surface area contributed by atoms with Crippen molar-refractivity contribution in [2.24, 2.45) is 0 Å². The Labute approximate surface area is 177 Å². The standard InChI is InChI=1S/C19H22ClN5O5/c1-10(8-29-11-5-3-2-4-6-11)22-16-13-17(24-19(20)23-16)25(9-21-13)18-15(28)14(27)12(7-26)30-18/h2-6,9-10,12,14-15,18,26-28H,7-8H2,1H3,(H,22,23,24)/t10-,12+,14?,15?,18+/m0/s1. The minimum Gasteiger partial charge on any atom is -0.491 e. The summed E-state index contributed by atoms with van der Waals surface area (Å²) in [6.07, 6.45) is -2.95. The maximum atomic E-state index is 10.3. The van der Waals surface area contributed by atoms with Gasteiger partial charge >= 0.3 is 0 Å². The van der Waals surface area contributed by atoms with E-state index in [1.807, 2.05) is 37.3 Å². The van der Waals surface area contributed by atoms with Crippen LogP contribution in [-0.4, -0.2) is 72.4 Å². The van der Waals surface area contributed by atoms with Gasteiger partial charge in [0, 0.05) is 0 Å². The Morgan fingerprint density at radius 2 is 2.00 bits per heavy atom. The van der Waals surface area contributed by atoms with E-state index in [0.29, 0.717) is 23.6 Å². The zero-order valence-electron chi connectivity index (χ0n) is 16.1. The lowest BCUT2D eigenvalue weighted by atomic mass is 10.1. The summed E-state index contributed by atoms with van der Waals surface area (Å²) in [5.74, 6) is 1.16. The first-order valence-corrected chi connectivity index (χ1v) is 9.82. The van der Waals surface area contributed by atoms with Gasteiger partial charge in [-0.25, -0.2) is 4.98 Å². The summed E-state index contributed by atoms with van der Waals surface area (Å²) in [6.45, 7) is 1.87. The smallest absolute Gasteiger partial charge is 0.226 e.